The second-order valence-corrected chi connectivity index (χ2v) is 6.04. The number of methoxy groups -OCH3 is 1. The molecule has 0 saturated carbocycles. The maximum atomic E-state index is 12.7. The molecule has 0 radical (unpaired) electrons. The summed E-state index contributed by atoms with van der Waals surface area (Å²) in [5, 5.41) is 2.99. The molecule has 1 aromatic carbocycles. The highest BCUT2D eigenvalue weighted by Crippen LogP contribution is 2.36. The number of rotatable bonds is 3. The third-order valence-electron chi connectivity index (χ3n) is 3.94. The summed E-state index contributed by atoms with van der Waals surface area (Å²) < 4.78 is 10.8. The van der Waals surface area contributed by atoms with Crippen LogP contribution in [0.5, 0.6) is 11.5 Å². The molecule has 7 nitrogen and oxygen atoms in total. The third-order valence-corrected chi connectivity index (χ3v) is 4.23. The van der Waals surface area contributed by atoms with Gasteiger partial charge in [-0.1, -0.05) is 11.6 Å². The highest BCUT2D eigenvalue weighted by Gasteiger charge is 2.50. The maximum Gasteiger partial charge on any atom is 0.281 e. The SMILES string of the molecule is COc1ccc(NC(=O)C2(C)Oc3cccnc3N(C)C2=O)cc1Cl. The molecular weight excluding hydrogens is 346 g/mol. The molecule has 130 valence electrons. The summed E-state index contributed by atoms with van der Waals surface area (Å²) >= 11 is 6.06. The molecule has 1 atom stereocenters. The van der Waals surface area contributed by atoms with Gasteiger partial charge >= 0.3 is 0 Å². The van der Waals surface area contributed by atoms with Gasteiger partial charge in [-0.2, -0.15) is 0 Å². The molecule has 0 aliphatic carbocycles. The van der Waals surface area contributed by atoms with E-state index in [1.165, 1.54) is 25.0 Å². The van der Waals surface area contributed by atoms with Crippen molar-refractivity contribution < 1.29 is 19.1 Å². The van der Waals surface area contributed by atoms with Crippen LogP contribution < -0.4 is 19.7 Å². The number of hydrogen-bond acceptors (Lipinski definition) is 5. The number of carbonyl (C=O) groups is 2. The summed E-state index contributed by atoms with van der Waals surface area (Å²) in [6.07, 6.45) is 1.55. The lowest BCUT2D eigenvalue weighted by atomic mass is 10.0. The lowest BCUT2D eigenvalue weighted by Crippen LogP contribution is -2.60. The van der Waals surface area contributed by atoms with Gasteiger partial charge in [-0.3, -0.25) is 14.5 Å². The van der Waals surface area contributed by atoms with Crippen LogP contribution in [-0.2, 0) is 9.59 Å². The van der Waals surface area contributed by atoms with E-state index in [1.54, 1.807) is 37.5 Å². The zero-order valence-electron chi connectivity index (χ0n) is 13.9. The number of nitrogens with one attached hydrogen (secondary N) is 1. The number of nitrogens with zero attached hydrogens (tertiary/aromatic N) is 2. The molecular formula is C17H16ClN3O4. The second kappa shape index (κ2) is 6.25. The lowest BCUT2D eigenvalue weighted by Gasteiger charge is -2.36. The van der Waals surface area contributed by atoms with Gasteiger partial charge in [0.05, 0.1) is 12.1 Å². The Kier molecular flexibility index (Phi) is 4.26. The number of pyridine rings is 1. The molecule has 1 N–H and O–H groups in total. The van der Waals surface area contributed by atoms with E-state index < -0.39 is 17.4 Å². The fourth-order valence-electron chi connectivity index (χ4n) is 2.53. The Morgan fingerprint density at radius 3 is 2.84 bits per heavy atom. The Labute approximate surface area is 149 Å². The van der Waals surface area contributed by atoms with Crippen molar-refractivity contribution in [3.63, 3.8) is 0 Å². The van der Waals surface area contributed by atoms with Crippen LogP contribution >= 0.6 is 11.6 Å². The number of fused-ring (bicyclic) bond motifs is 1. The van der Waals surface area contributed by atoms with Crippen molar-refractivity contribution in [1.82, 2.24) is 4.98 Å². The number of anilines is 2. The van der Waals surface area contributed by atoms with Crippen LogP contribution in [0.25, 0.3) is 0 Å². The fraction of sp³-hybridized carbons (Fsp3) is 0.235. The van der Waals surface area contributed by atoms with E-state index in [9.17, 15) is 9.59 Å². The van der Waals surface area contributed by atoms with E-state index >= 15 is 0 Å². The normalized spacial score (nSPS) is 19.0. The topological polar surface area (TPSA) is 80.8 Å². The Morgan fingerprint density at radius 1 is 1.40 bits per heavy atom. The van der Waals surface area contributed by atoms with E-state index in [-0.39, 0.29) is 0 Å². The predicted molar refractivity (Wildman–Crippen MR) is 93.3 cm³/mol. The molecule has 0 spiro atoms. The summed E-state index contributed by atoms with van der Waals surface area (Å²) in [5.41, 5.74) is -1.30. The molecule has 2 aromatic rings. The lowest BCUT2D eigenvalue weighted by molar-refractivity contribution is -0.145. The van der Waals surface area contributed by atoms with Gasteiger partial charge in [0.1, 0.15) is 5.75 Å². The molecule has 1 unspecified atom stereocenters. The first-order valence-electron chi connectivity index (χ1n) is 7.44. The van der Waals surface area contributed by atoms with Gasteiger partial charge in [0.15, 0.2) is 11.6 Å². The highest BCUT2D eigenvalue weighted by atomic mass is 35.5. The van der Waals surface area contributed by atoms with Gasteiger partial charge in [-0.05, 0) is 37.3 Å². The van der Waals surface area contributed by atoms with Crippen molar-refractivity contribution in [2.45, 2.75) is 12.5 Å². The van der Waals surface area contributed by atoms with Crippen molar-refractivity contribution in [3.05, 3.63) is 41.6 Å². The van der Waals surface area contributed by atoms with Gasteiger partial charge in [0.2, 0.25) is 0 Å². The van der Waals surface area contributed by atoms with E-state index in [1.807, 2.05) is 0 Å². The van der Waals surface area contributed by atoms with Crippen molar-refractivity contribution in [1.29, 1.82) is 0 Å². The first-order chi connectivity index (χ1) is 11.9. The highest BCUT2D eigenvalue weighted by molar-refractivity contribution is 6.32. The molecule has 8 heteroatoms. The summed E-state index contributed by atoms with van der Waals surface area (Å²) in [6, 6.07) is 8.10. The molecule has 1 aliphatic rings. The standard InChI is InChI=1S/C17H16ClN3O4/c1-17(15(22)20-10-6-7-12(24-3)11(18)9-10)16(23)21(2)14-13(25-17)5-4-8-19-14/h4-9H,1-3H3,(H,20,22). The minimum atomic E-state index is -1.73. The number of amides is 2. The van der Waals surface area contributed by atoms with Crippen LogP contribution in [0.4, 0.5) is 11.5 Å². The van der Waals surface area contributed by atoms with Crippen LogP contribution in [0.3, 0.4) is 0 Å². The summed E-state index contributed by atoms with van der Waals surface area (Å²) in [7, 11) is 3.04. The number of likely N-dealkylation sites (N-methyl/N-ethyl adjacent to an activating group) is 1. The first kappa shape index (κ1) is 17.0. The van der Waals surface area contributed by atoms with Crippen LogP contribution in [0.15, 0.2) is 36.5 Å². The second-order valence-electron chi connectivity index (χ2n) is 5.63. The molecule has 0 bridgehead atoms. The number of ether oxygens (including phenoxy) is 2. The van der Waals surface area contributed by atoms with Crippen molar-refractivity contribution in [2.75, 3.05) is 24.4 Å². The average molecular weight is 362 g/mol. The Hall–Kier alpha value is -2.80. The maximum absolute atomic E-state index is 12.7. The van der Waals surface area contributed by atoms with Crippen molar-refractivity contribution in [2.24, 2.45) is 0 Å². The minimum absolute atomic E-state index is 0.341. The molecule has 1 aliphatic heterocycles. The monoisotopic (exact) mass is 361 g/mol. The van der Waals surface area contributed by atoms with Gasteiger partial charge in [-0.25, -0.2) is 4.98 Å². The molecule has 0 saturated heterocycles. The van der Waals surface area contributed by atoms with Crippen LogP contribution in [0.1, 0.15) is 6.92 Å². The summed E-state index contributed by atoms with van der Waals surface area (Å²) in [6.45, 7) is 1.42. The van der Waals surface area contributed by atoms with E-state index in [0.717, 1.165) is 0 Å². The largest absolute Gasteiger partial charge is 0.495 e. The van der Waals surface area contributed by atoms with E-state index in [0.29, 0.717) is 28.0 Å². The van der Waals surface area contributed by atoms with Crippen molar-refractivity contribution in [3.8, 4) is 11.5 Å². The third kappa shape index (κ3) is 2.87. The molecule has 1 aromatic heterocycles. The smallest absolute Gasteiger partial charge is 0.281 e. The zero-order chi connectivity index (χ0) is 18.2. The van der Waals surface area contributed by atoms with Crippen molar-refractivity contribution >= 4 is 34.9 Å². The minimum Gasteiger partial charge on any atom is -0.495 e. The average Bonchev–Trinajstić information content (AvgIpc) is 2.60. The fourth-order valence-corrected chi connectivity index (χ4v) is 2.79. The van der Waals surface area contributed by atoms with E-state index in [2.05, 4.69) is 10.3 Å². The molecule has 2 amide bonds. The number of halogens is 1. The van der Waals surface area contributed by atoms with Gasteiger partial charge in [0, 0.05) is 18.9 Å². The number of carbonyl (C=O) groups excluding carboxylic acids is 2. The number of benzene rings is 1. The van der Waals surface area contributed by atoms with Crippen LogP contribution in [0, 0.1) is 0 Å². The van der Waals surface area contributed by atoms with Crippen LogP contribution in [0.2, 0.25) is 5.02 Å². The zero-order valence-corrected chi connectivity index (χ0v) is 14.6. The van der Waals surface area contributed by atoms with Crippen LogP contribution in [-0.4, -0.2) is 36.6 Å². The Bertz CT molecular complexity index is 858. The van der Waals surface area contributed by atoms with Gasteiger partial charge in [0.25, 0.3) is 17.4 Å². The quantitative estimate of drug-likeness (QED) is 0.849. The number of aromatic nitrogens is 1. The van der Waals surface area contributed by atoms with Gasteiger partial charge < -0.3 is 14.8 Å². The van der Waals surface area contributed by atoms with E-state index in [4.69, 9.17) is 21.1 Å². The molecule has 3 rings (SSSR count). The number of hydrogen-bond donors (Lipinski definition) is 1. The molecule has 25 heavy (non-hydrogen) atoms. The summed E-state index contributed by atoms with van der Waals surface area (Å²) in [5.74, 6) is 0.0757. The molecule has 2 heterocycles. The predicted octanol–water partition coefficient (Wildman–Crippen LogP) is 2.50. The van der Waals surface area contributed by atoms with Gasteiger partial charge in [-0.15, -0.1) is 0 Å². The summed E-state index contributed by atoms with van der Waals surface area (Å²) in [4.78, 5) is 30.8. The molecule has 0 fully saturated rings. The first-order valence-corrected chi connectivity index (χ1v) is 7.82. The Morgan fingerprint density at radius 2 is 2.16 bits per heavy atom. The Balaban J connectivity index is 1.89.